The van der Waals surface area contributed by atoms with Gasteiger partial charge in [0.2, 0.25) is 0 Å². The fourth-order valence-corrected chi connectivity index (χ4v) is 3.13. The molecule has 1 fully saturated rings. The number of aliphatic hydroxyl groups is 2. The number of pyridine rings is 1. The third kappa shape index (κ3) is 1.99. The number of thiophene rings is 1. The van der Waals surface area contributed by atoms with Crippen molar-refractivity contribution in [1.82, 2.24) is 4.57 Å². The minimum atomic E-state index is -0.857. The summed E-state index contributed by atoms with van der Waals surface area (Å²) < 4.78 is 20.7. The van der Waals surface area contributed by atoms with Crippen molar-refractivity contribution in [3.05, 3.63) is 33.8 Å². The van der Waals surface area contributed by atoms with Crippen molar-refractivity contribution < 1.29 is 19.3 Å². The Labute approximate surface area is 111 Å². The largest absolute Gasteiger partial charge is 0.394 e. The van der Waals surface area contributed by atoms with Gasteiger partial charge >= 0.3 is 0 Å². The predicted octanol–water partition coefficient (Wildman–Crippen LogP) is 0.843. The van der Waals surface area contributed by atoms with Crippen LogP contribution in [-0.4, -0.2) is 33.6 Å². The second kappa shape index (κ2) is 4.68. The second-order valence-corrected chi connectivity index (χ2v) is 5.38. The zero-order valence-corrected chi connectivity index (χ0v) is 10.6. The summed E-state index contributed by atoms with van der Waals surface area (Å²) >= 11 is 1.17. The van der Waals surface area contributed by atoms with E-state index in [0.717, 1.165) is 10.8 Å². The molecule has 5 nitrogen and oxygen atoms in total. The zero-order chi connectivity index (χ0) is 13.6. The van der Waals surface area contributed by atoms with Gasteiger partial charge in [-0.05, 0) is 11.4 Å². The van der Waals surface area contributed by atoms with Crippen LogP contribution in [0.5, 0.6) is 0 Å². The molecule has 0 radical (unpaired) electrons. The molecular weight excluding hydrogens is 273 g/mol. The molecule has 102 valence electrons. The van der Waals surface area contributed by atoms with Gasteiger partial charge in [-0.15, -0.1) is 11.3 Å². The highest BCUT2D eigenvalue weighted by atomic mass is 32.1. The molecule has 1 aliphatic heterocycles. The maximum Gasteiger partial charge on any atom is 0.270 e. The SMILES string of the molecule is O=c1c2sccc2c(F)cn1[C@H]1CC(O)[C@@H](CO)O1. The standard InChI is InChI=1S/C12H12FNO4S/c13-7-4-14(10-3-8(16)9(5-15)18-10)12(17)11-6(7)1-2-19-11/h1-2,4,8-10,15-16H,3,5H2/t8?,9-,10-/m1/s1. The van der Waals surface area contributed by atoms with Crippen LogP contribution < -0.4 is 5.56 Å². The summed E-state index contributed by atoms with van der Waals surface area (Å²) in [5.41, 5.74) is -0.345. The van der Waals surface area contributed by atoms with Gasteiger partial charge < -0.3 is 14.9 Å². The van der Waals surface area contributed by atoms with Gasteiger partial charge in [0.05, 0.1) is 12.7 Å². The molecule has 3 heterocycles. The Bertz CT molecular complexity index is 667. The molecule has 2 aromatic rings. The maximum absolute atomic E-state index is 13.9. The quantitative estimate of drug-likeness (QED) is 0.858. The minimum absolute atomic E-state index is 0.154. The lowest BCUT2D eigenvalue weighted by molar-refractivity contribution is -0.0455. The van der Waals surface area contributed by atoms with Crippen molar-refractivity contribution in [2.75, 3.05) is 6.61 Å². The van der Waals surface area contributed by atoms with Crippen LogP contribution in [-0.2, 0) is 4.74 Å². The van der Waals surface area contributed by atoms with E-state index in [1.807, 2.05) is 0 Å². The lowest BCUT2D eigenvalue weighted by Gasteiger charge is -2.15. The smallest absolute Gasteiger partial charge is 0.270 e. The Hall–Kier alpha value is -1.28. The molecule has 3 atom stereocenters. The first-order valence-corrected chi connectivity index (χ1v) is 6.72. The number of ether oxygens (including phenoxy) is 1. The van der Waals surface area contributed by atoms with Crippen molar-refractivity contribution in [3.63, 3.8) is 0 Å². The predicted molar refractivity (Wildman–Crippen MR) is 67.7 cm³/mol. The summed E-state index contributed by atoms with van der Waals surface area (Å²) in [6, 6.07) is 1.56. The Morgan fingerprint density at radius 3 is 3.05 bits per heavy atom. The van der Waals surface area contributed by atoms with E-state index >= 15 is 0 Å². The average Bonchev–Trinajstić information content (AvgIpc) is 3.00. The summed E-state index contributed by atoms with van der Waals surface area (Å²) in [6.07, 6.45) is -1.10. The number of hydrogen-bond acceptors (Lipinski definition) is 5. The first kappa shape index (κ1) is 12.7. The third-order valence-corrected chi connectivity index (χ3v) is 4.20. The van der Waals surface area contributed by atoms with E-state index in [0.29, 0.717) is 10.1 Å². The Kier molecular flexibility index (Phi) is 3.14. The van der Waals surface area contributed by atoms with Crippen LogP contribution in [0.25, 0.3) is 10.1 Å². The van der Waals surface area contributed by atoms with E-state index in [1.54, 1.807) is 11.4 Å². The summed E-state index contributed by atoms with van der Waals surface area (Å²) in [7, 11) is 0. The lowest BCUT2D eigenvalue weighted by atomic mass is 10.2. The van der Waals surface area contributed by atoms with Crippen molar-refractivity contribution in [3.8, 4) is 0 Å². The summed E-state index contributed by atoms with van der Waals surface area (Å²) in [4.78, 5) is 12.2. The van der Waals surface area contributed by atoms with Crippen LogP contribution >= 0.6 is 11.3 Å². The molecule has 0 amide bonds. The van der Waals surface area contributed by atoms with Gasteiger partial charge in [-0.1, -0.05) is 0 Å². The van der Waals surface area contributed by atoms with Crippen LogP contribution in [0.15, 0.2) is 22.4 Å². The molecule has 1 unspecified atom stereocenters. The summed E-state index contributed by atoms with van der Waals surface area (Å²) in [5.74, 6) is -0.499. The number of fused-ring (bicyclic) bond motifs is 1. The summed E-state index contributed by atoms with van der Waals surface area (Å²) in [5, 5.41) is 20.6. The number of aliphatic hydroxyl groups excluding tert-OH is 2. The van der Waals surface area contributed by atoms with Gasteiger partial charge in [-0.25, -0.2) is 4.39 Å². The lowest BCUT2D eigenvalue weighted by Crippen LogP contribution is -2.26. The van der Waals surface area contributed by atoms with Gasteiger partial charge in [-0.3, -0.25) is 9.36 Å². The molecule has 1 aliphatic rings. The highest BCUT2D eigenvalue weighted by Crippen LogP contribution is 2.29. The molecule has 0 saturated carbocycles. The topological polar surface area (TPSA) is 71.7 Å². The molecule has 3 rings (SSSR count). The molecule has 19 heavy (non-hydrogen) atoms. The maximum atomic E-state index is 13.9. The minimum Gasteiger partial charge on any atom is -0.394 e. The Morgan fingerprint density at radius 1 is 1.58 bits per heavy atom. The van der Waals surface area contributed by atoms with E-state index in [9.17, 15) is 14.3 Å². The zero-order valence-electron chi connectivity index (χ0n) is 9.82. The third-order valence-electron chi connectivity index (χ3n) is 3.30. The molecule has 0 aliphatic carbocycles. The van der Waals surface area contributed by atoms with Crippen LogP contribution in [0.4, 0.5) is 4.39 Å². The van der Waals surface area contributed by atoms with Crippen LogP contribution in [0.3, 0.4) is 0 Å². The first-order chi connectivity index (χ1) is 9.11. The molecule has 0 aromatic carbocycles. The van der Waals surface area contributed by atoms with Crippen molar-refractivity contribution in [1.29, 1.82) is 0 Å². The monoisotopic (exact) mass is 285 g/mol. The molecule has 2 aromatic heterocycles. The highest BCUT2D eigenvalue weighted by Gasteiger charge is 2.35. The van der Waals surface area contributed by atoms with Gasteiger partial charge in [0.25, 0.3) is 5.56 Å². The average molecular weight is 285 g/mol. The summed E-state index contributed by atoms with van der Waals surface area (Å²) in [6.45, 7) is -0.337. The molecule has 7 heteroatoms. The second-order valence-electron chi connectivity index (χ2n) is 4.47. The van der Waals surface area contributed by atoms with Gasteiger partial charge in [0, 0.05) is 18.0 Å². The fourth-order valence-electron chi connectivity index (χ4n) is 2.29. The Morgan fingerprint density at radius 2 is 2.37 bits per heavy atom. The van der Waals surface area contributed by atoms with Crippen molar-refractivity contribution in [2.24, 2.45) is 0 Å². The molecule has 0 spiro atoms. The van der Waals surface area contributed by atoms with E-state index < -0.39 is 24.3 Å². The van der Waals surface area contributed by atoms with Crippen molar-refractivity contribution in [2.45, 2.75) is 24.9 Å². The van der Waals surface area contributed by atoms with E-state index in [1.165, 1.54) is 11.3 Å². The van der Waals surface area contributed by atoms with Gasteiger partial charge in [0.1, 0.15) is 22.8 Å². The van der Waals surface area contributed by atoms with Gasteiger partial charge in [-0.2, -0.15) is 0 Å². The van der Waals surface area contributed by atoms with E-state index in [2.05, 4.69) is 0 Å². The molecule has 0 bridgehead atoms. The van der Waals surface area contributed by atoms with E-state index in [4.69, 9.17) is 9.84 Å². The molecular formula is C12H12FNO4S. The number of nitrogens with zero attached hydrogens (tertiary/aromatic N) is 1. The van der Waals surface area contributed by atoms with Crippen LogP contribution in [0, 0.1) is 5.82 Å². The molecule has 1 saturated heterocycles. The number of hydrogen-bond donors (Lipinski definition) is 2. The van der Waals surface area contributed by atoms with Crippen LogP contribution in [0.1, 0.15) is 12.6 Å². The Balaban J connectivity index is 2.07. The number of aromatic nitrogens is 1. The first-order valence-electron chi connectivity index (χ1n) is 5.84. The van der Waals surface area contributed by atoms with Crippen LogP contribution in [0.2, 0.25) is 0 Å². The molecule has 2 N–H and O–H groups in total. The fraction of sp³-hybridized carbons (Fsp3) is 0.417. The normalized spacial score (nSPS) is 27.2. The highest BCUT2D eigenvalue weighted by molar-refractivity contribution is 7.17. The number of rotatable bonds is 2. The van der Waals surface area contributed by atoms with Crippen molar-refractivity contribution >= 4 is 21.4 Å². The van der Waals surface area contributed by atoms with E-state index in [-0.39, 0.29) is 18.6 Å². The number of halogens is 1. The van der Waals surface area contributed by atoms with Gasteiger partial charge in [0.15, 0.2) is 0 Å².